The molecule has 1 aromatic carbocycles. The second kappa shape index (κ2) is 22.5. The molecule has 67 heavy (non-hydrogen) atoms. The molecule has 0 saturated carbocycles. The van der Waals surface area contributed by atoms with Crippen LogP contribution < -0.4 is 4.74 Å². The molecule has 0 unspecified atom stereocenters. The van der Waals surface area contributed by atoms with E-state index in [2.05, 4.69) is 25.3 Å². The first-order valence-electron chi connectivity index (χ1n) is 21.8. The number of hydrogen-bond acceptors (Lipinski definition) is 17. The minimum Gasteiger partial charge on any atom is -0.494 e. The smallest absolute Gasteiger partial charge is 0.333 e. The van der Waals surface area contributed by atoms with E-state index in [4.69, 9.17) is 33.6 Å². The number of pyridine rings is 1. The number of aromatic amines is 1. The topological polar surface area (TPSA) is 258 Å². The summed E-state index contributed by atoms with van der Waals surface area (Å²) in [5.74, 6) is -2.10. The molecule has 4 aromatic heterocycles. The fourth-order valence-corrected chi connectivity index (χ4v) is 7.23. The number of hydroxylamine groups is 2. The van der Waals surface area contributed by atoms with Crippen molar-refractivity contribution >= 4 is 46.3 Å². The molecule has 356 valence electrons. The zero-order chi connectivity index (χ0) is 47.3. The molecule has 0 radical (unpaired) electrons. The quantitative estimate of drug-likeness (QED) is 0.0398. The third kappa shape index (κ3) is 12.1. The lowest BCUT2D eigenvalue weighted by molar-refractivity contribution is -0.197. The number of nitrogens with one attached hydrogen (secondary N) is 1. The zero-order valence-corrected chi connectivity index (χ0v) is 37.6. The Morgan fingerprint density at radius 1 is 0.821 bits per heavy atom. The van der Waals surface area contributed by atoms with Crippen molar-refractivity contribution < 1.29 is 57.3 Å². The van der Waals surface area contributed by atoms with Crippen molar-refractivity contribution in [3.8, 4) is 11.6 Å². The molecule has 0 atom stereocenters. The number of aryl methyl sites for hydroxylation is 1. The molecule has 0 aliphatic carbocycles. The molecule has 6 heterocycles. The van der Waals surface area contributed by atoms with Gasteiger partial charge in [-0.15, -0.1) is 15.3 Å². The number of carbonyl (C=O) groups excluding carboxylic acids is 6. The Kier molecular flexibility index (Phi) is 16.1. The number of ketones is 1. The van der Waals surface area contributed by atoms with Gasteiger partial charge in [-0.2, -0.15) is 0 Å². The van der Waals surface area contributed by atoms with Gasteiger partial charge in [-0.25, -0.2) is 24.1 Å². The monoisotopic (exact) mass is 927 g/mol. The average molecular weight is 928 g/mol. The zero-order valence-electron chi connectivity index (χ0n) is 37.6. The van der Waals surface area contributed by atoms with Gasteiger partial charge in [-0.05, 0) is 12.1 Å². The Labute approximate surface area is 384 Å². The van der Waals surface area contributed by atoms with Gasteiger partial charge in [0.05, 0.1) is 101 Å². The minimum atomic E-state index is -0.713. The van der Waals surface area contributed by atoms with Gasteiger partial charge in [0, 0.05) is 68.8 Å². The van der Waals surface area contributed by atoms with Gasteiger partial charge in [-0.3, -0.25) is 24.0 Å². The van der Waals surface area contributed by atoms with Crippen LogP contribution in [0.3, 0.4) is 0 Å². The van der Waals surface area contributed by atoms with E-state index in [1.807, 2.05) is 19.9 Å². The van der Waals surface area contributed by atoms with Crippen LogP contribution in [0, 0.1) is 0 Å². The number of benzene rings is 1. The molecule has 23 nitrogen and oxygen atoms in total. The number of rotatable bonds is 24. The molecule has 4 amide bonds. The van der Waals surface area contributed by atoms with Gasteiger partial charge in [0.1, 0.15) is 12.1 Å². The number of H-pyrrole nitrogens is 1. The number of methoxy groups -OCH3 is 1. The van der Waals surface area contributed by atoms with Gasteiger partial charge in [0.2, 0.25) is 0 Å². The van der Waals surface area contributed by atoms with Crippen molar-refractivity contribution in [3.05, 3.63) is 77.9 Å². The first-order chi connectivity index (χ1) is 32.4. The Bertz CT molecular complexity index is 2510. The van der Waals surface area contributed by atoms with Crippen LogP contribution in [0.4, 0.5) is 0 Å². The van der Waals surface area contributed by atoms with Crippen LogP contribution in [0.1, 0.15) is 65.3 Å². The number of amides is 4. The van der Waals surface area contributed by atoms with E-state index in [1.165, 1.54) is 35.4 Å². The molecule has 2 fully saturated rings. The number of hydrogen-bond donors (Lipinski definition) is 1. The maximum Gasteiger partial charge on any atom is 0.333 e. The van der Waals surface area contributed by atoms with Crippen molar-refractivity contribution in [2.45, 2.75) is 51.5 Å². The van der Waals surface area contributed by atoms with E-state index < -0.39 is 34.9 Å². The largest absolute Gasteiger partial charge is 0.494 e. The molecular formula is C44H53N11O12. The molecule has 0 bridgehead atoms. The Morgan fingerprint density at radius 3 is 2.16 bits per heavy atom. The predicted molar refractivity (Wildman–Crippen MR) is 233 cm³/mol. The number of nitrogens with zero attached hydrogens (tertiary/aromatic N) is 10. The fourth-order valence-electron chi connectivity index (χ4n) is 7.23. The summed E-state index contributed by atoms with van der Waals surface area (Å²) in [7, 11) is 1.46. The van der Waals surface area contributed by atoms with E-state index >= 15 is 0 Å². The maximum absolute atomic E-state index is 13.7. The summed E-state index contributed by atoms with van der Waals surface area (Å²) in [5, 5.41) is 13.6. The summed E-state index contributed by atoms with van der Waals surface area (Å²) in [6.07, 6.45) is 6.41. The number of carbonyl (C=O) groups is 6. The average Bonchev–Trinajstić information content (AvgIpc) is 4.18. The molecule has 1 N–H and O–H groups in total. The van der Waals surface area contributed by atoms with Crippen LogP contribution in [0.25, 0.3) is 16.7 Å². The Hall–Kier alpha value is -6.95. The van der Waals surface area contributed by atoms with E-state index in [0.29, 0.717) is 117 Å². The van der Waals surface area contributed by atoms with Crippen LogP contribution in [0.2, 0.25) is 0 Å². The van der Waals surface area contributed by atoms with Gasteiger partial charge >= 0.3 is 5.97 Å². The molecule has 2 aliphatic rings. The molecule has 2 saturated heterocycles. The minimum absolute atomic E-state index is 0.0375. The van der Waals surface area contributed by atoms with Crippen molar-refractivity contribution in [2.75, 3.05) is 86.1 Å². The van der Waals surface area contributed by atoms with E-state index in [-0.39, 0.29) is 50.2 Å². The molecule has 7 rings (SSSR count). The lowest BCUT2D eigenvalue weighted by Crippen LogP contribution is -2.52. The van der Waals surface area contributed by atoms with Crippen molar-refractivity contribution in [3.63, 3.8) is 0 Å². The van der Waals surface area contributed by atoms with E-state index in [1.54, 1.807) is 40.0 Å². The third-order valence-electron chi connectivity index (χ3n) is 10.9. The van der Waals surface area contributed by atoms with Crippen molar-refractivity contribution in [1.82, 2.24) is 54.6 Å². The first kappa shape index (κ1) is 48.0. The molecular weight excluding hydrogens is 875 g/mol. The second-order valence-electron chi connectivity index (χ2n) is 16.2. The van der Waals surface area contributed by atoms with Crippen LogP contribution in [0.5, 0.6) is 5.75 Å². The molecule has 5 aromatic rings. The number of piperazine rings is 1. The van der Waals surface area contributed by atoms with Gasteiger partial charge in [-0.1, -0.05) is 37.3 Å². The molecule has 0 spiro atoms. The predicted octanol–water partition coefficient (Wildman–Crippen LogP) is 1.50. The maximum atomic E-state index is 13.7. The van der Waals surface area contributed by atoms with Gasteiger partial charge in [0.15, 0.2) is 11.6 Å². The summed E-state index contributed by atoms with van der Waals surface area (Å²) in [6, 6.07) is 8.94. The number of ether oxygens (including phenoxy) is 5. The number of imide groups is 1. The van der Waals surface area contributed by atoms with Crippen LogP contribution in [-0.4, -0.2) is 176 Å². The SMILES string of the molecule is COc1cnc(-n2cnc(C(C)(C)COCCOCCOCCOCCn3cc(CCC(=O)ON4C(=O)CCC4=O)nn3)n2)c2[nH]cc(C(=O)C(=O)N3CCN(C(=O)c4ccccc4)CC3)c12. The number of fused-ring (bicyclic) bond motifs is 1. The standard InChI is InChI=1S/C44H53N11O12/c1-44(2,28-66-24-23-65-22-21-64-20-19-63-18-17-53-27-31(48-50-53)9-12-36(58)67-55-34(56)10-11-35(55)57)43-47-29-54(49-43)40-38-37(33(62-3)26-46-40)32(25-45-38)39(59)42(61)52-15-13-51(14-16-52)41(60)30-7-5-4-6-8-30/h4-8,25-27,29,45H,9-24,28H2,1-3H3. The van der Waals surface area contributed by atoms with E-state index in [0.717, 1.165) is 0 Å². The summed E-state index contributed by atoms with van der Waals surface area (Å²) < 4.78 is 31.4. The summed E-state index contributed by atoms with van der Waals surface area (Å²) >= 11 is 0. The van der Waals surface area contributed by atoms with E-state index in [9.17, 15) is 28.8 Å². The van der Waals surface area contributed by atoms with Gasteiger partial charge in [0.25, 0.3) is 29.4 Å². The van der Waals surface area contributed by atoms with Crippen molar-refractivity contribution in [1.29, 1.82) is 0 Å². The molecule has 23 heteroatoms. The number of aromatic nitrogens is 8. The lowest BCUT2D eigenvalue weighted by atomic mass is 9.94. The highest BCUT2D eigenvalue weighted by molar-refractivity contribution is 6.45. The second-order valence-corrected chi connectivity index (χ2v) is 16.2. The van der Waals surface area contributed by atoms with Crippen LogP contribution in [0.15, 0.2) is 55.2 Å². The normalized spacial score (nSPS) is 14.3. The Balaban J connectivity index is 0.775. The summed E-state index contributed by atoms with van der Waals surface area (Å²) in [4.78, 5) is 95.5. The fraction of sp³-hybridized carbons (Fsp3) is 0.477. The highest BCUT2D eigenvalue weighted by Crippen LogP contribution is 2.32. The molecule has 2 aliphatic heterocycles. The lowest BCUT2D eigenvalue weighted by Gasteiger charge is -2.34. The Morgan fingerprint density at radius 2 is 1.48 bits per heavy atom. The summed E-state index contributed by atoms with van der Waals surface area (Å²) in [6.45, 7) is 8.25. The van der Waals surface area contributed by atoms with Crippen LogP contribution in [-0.2, 0) is 61.3 Å². The van der Waals surface area contributed by atoms with Crippen molar-refractivity contribution in [2.24, 2.45) is 0 Å². The summed E-state index contributed by atoms with van der Waals surface area (Å²) in [5.41, 5.74) is 1.10. The van der Waals surface area contributed by atoms with Gasteiger partial charge < -0.3 is 43.3 Å². The highest BCUT2D eigenvalue weighted by atomic mass is 16.7. The van der Waals surface area contributed by atoms with Crippen LogP contribution >= 0.6 is 0 Å². The first-order valence-corrected chi connectivity index (χ1v) is 21.8. The number of Topliss-reactive ketones (excluding diaryl/α,β-unsaturated/α-hetero) is 1. The highest BCUT2D eigenvalue weighted by Gasteiger charge is 2.34. The third-order valence-corrected chi connectivity index (χ3v) is 10.9.